The van der Waals surface area contributed by atoms with Gasteiger partial charge in [-0.25, -0.2) is 4.98 Å². The molecule has 2 rings (SSSR count). The molecule has 19 heavy (non-hydrogen) atoms. The molecule has 0 saturated carbocycles. The molecule has 1 aliphatic heterocycles. The van der Waals surface area contributed by atoms with E-state index in [0.29, 0.717) is 5.82 Å². The molecule has 0 aliphatic carbocycles. The first-order valence-electron chi connectivity index (χ1n) is 5.63. The molecule has 1 aliphatic rings. The fourth-order valence-electron chi connectivity index (χ4n) is 2.02. The molecule has 7 heteroatoms. The molecule has 4 nitrogen and oxygen atoms in total. The molecule has 0 bridgehead atoms. The monoisotopic (exact) mass is 273 g/mol. The van der Waals surface area contributed by atoms with Gasteiger partial charge in [-0.1, -0.05) is 6.58 Å². The molecular formula is C12H14F3N3O. The van der Waals surface area contributed by atoms with Crippen LogP contribution in [0.3, 0.4) is 0 Å². The molecule has 1 fully saturated rings. The fourth-order valence-corrected chi connectivity index (χ4v) is 2.02. The van der Waals surface area contributed by atoms with Crippen LogP contribution in [0.25, 0.3) is 0 Å². The van der Waals surface area contributed by atoms with E-state index in [0.717, 1.165) is 12.3 Å². The van der Waals surface area contributed by atoms with Crippen molar-refractivity contribution in [1.82, 2.24) is 9.88 Å². The highest BCUT2D eigenvalue weighted by molar-refractivity contribution is 5.51. The Balaban J connectivity index is 2.45. The van der Waals surface area contributed by atoms with Crippen LogP contribution in [-0.4, -0.2) is 34.8 Å². The lowest BCUT2D eigenvalue weighted by Gasteiger charge is -2.23. The van der Waals surface area contributed by atoms with E-state index in [2.05, 4.69) is 11.6 Å². The number of hydrogen-bond donors (Lipinski definition) is 1. The zero-order valence-corrected chi connectivity index (χ0v) is 10.6. The maximum atomic E-state index is 12.8. The van der Waals surface area contributed by atoms with Crippen LogP contribution in [0.1, 0.15) is 11.1 Å². The van der Waals surface area contributed by atoms with Gasteiger partial charge in [0, 0.05) is 13.2 Å². The zero-order chi connectivity index (χ0) is 14.4. The van der Waals surface area contributed by atoms with E-state index in [1.807, 2.05) is 0 Å². The van der Waals surface area contributed by atoms with E-state index in [9.17, 15) is 18.3 Å². The topological polar surface area (TPSA) is 39.6 Å². The van der Waals surface area contributed by atoms with E-state index in [1.165, 1.54) is 11.8 Å². The van der Waals surface area contributed by atoms with Crippen molar-refractivity contribution in [3.63, 3.8) is 0 Å². The summed E-state index contributed by atoms with van der Waals surface area (Å²) in [5, 5.41) is 9.85. The highest BCUT2D eigenvalue weighted by atomic mass is 19.4. The van der Waals surface area contributed by atoms with Gasteiger partial charge in [-0.05, 0) is 18.6 Å². The predicted octanol–water partition coefficient (Wildman–Crippen LogP) is 1.95. The average Bonchev–Trinajstić information content (AvgIpc) is 2.53. The summed E-state index contributed by atoms with van der Waals surface area (Å²) in [5.74, 6) is 0.455. The minimum atomic E-state index is -4.44. The van der Waals surface area contributed by atoms with Crippen molar-refractivity contribution in [1.29, 1.82) is 0 Å². The van der Waals surface area contributed by atoms with Gasteiger partial charge in [-0.3, -0.25) is 4.90 Å². The number of halogens is 3. The Kier molecular flexibility index (Phi) is 3.17. The Hall–Kier alpha value is -1.76. The summed E-state index contributed by atoms with van der Waals surface area (Å²) < 4.78 is 38.5. The summed E-state index contributed by atoms with van der Waals surface area (Å²) in [5.41, 5.74) is -0.712. The summed E-state index contributed by atoms with van der Waals surface area (Å²) in [6.07, 6.45) is -4.25. The quantitative estimate of drug-likeness (QED) is 0.849. The molecule has 2 heterocycles. The second kappa shape index (κ2) is 4.41. The molecule has 0 radical (unpaired) electrons. The van der Waals surface area contributed by atoms with Crippen molar-refractivity contribution in [2.75, 3.05) is 18.5 Å². The molecular weight excluding hydrogens is 259 g/mol. The van der Waals surface area contributed by atoms with Gasteiger partial charge in [-0.15, -0.1) is 0 Å². The summed E-state index contributed by atoms with van der Waals surface area (Å²) in [6, 6.07) is 0.933. The van der Waals surface area contributed by atoms with Crippen molar-refractivity contribution in [3.8, 4) is 0 Å². The van der Waals surface area contributed by atoms with Crippen molar-refractivity contribution in [3.05, 3.63) is 35.8 Å². The van der Waals surface area contributed by atoms with E-state index in [4.69, 9.17) is 0 Å². The standard InChI is InChI=1S/C12H14F3N3O/c1-7-5-16-10(4-9(7)12(13,14)15)18-8(2)17(3)6-11(18)19/h4-5,11,19H,2,6H2,1,3H3. The van der Waals surface area contributed by atoms with Crippen LogP contribution in [0, 0.1) is 6.92 Å². The number of rotatable bonds is 1. The molecule has 104 valence electrons. The second-order valence-electron chi connectivity index (χ2n) is 4.50. The molecule has 1 atom stereocenters. The van der Waals surface area contributed by atoms with Gasteiger partial charge < -0.3 is 10.0 Å². The number of aliphatic hydroxyl groups is 1. The van der Waals surface area contributed by atoms with Crippen LogP contribution in [0.2, 0.25) is 0 Å². The number of hydrogen-bond acceptors (Lipinski definition) is 4. The number of anilines is 1. The smallest absolute Gasteiger partial charge is 0.371 e. The molecule has 1 saturated heterocycles. The number of aromatic nitrogens is 1. The van der Waals surface area contributed by atoms with Crippen LogP contribution >= 0.6 is 0 Å². The third-order valence-electron chi connectivity index (χ3n) is 3.09. The largest absolute Gasteiger partial charge is 0.416 e. The average molecular weight is 273 g/mol. The van der Waals surface area contributed by atoms with E-state index < -0.39 is 18.0 Å². The van der Waals surface area contributed by atoms with Crippen molar-refractivity contribution < 1.29 is 18.3 Å². The van der Waals surface area contributed by atoms with Crippen LogP contribution in [0.4, 0.5) is 19.0 Å². The number of pyridine rings is 1. The van der Waals surface area contributed by atoms with E-state index in [-0.39, 0.29) is 17.9 Å². The van der Waals surface area contributed by atoms with E-state index >= 15 is 0 Å². The summed E-state index contributed by atoms with van der Waals surface area (Å²) in [6.45, 7) is 5.35. The number of alkyl halides is 3. The summed E-state index contributed by atoms with van der Waals surface area (Å²) in [7, 11) is 1.70. The Labute approximate surface area is 108 Å². The second-order valence-corrected chi connectivity index (χ2v) is 4.50. The molecule has 1 aromatic heterocycles. The van der Waals surface area contributed by atoms with Crippen molar-refractivity contribution in [2.45, 2.75) is 19.3 Å². The first kappa shape index (κ1) is 13.7. The lowest BCUT2D eigenvalue weighted by molar-refractivity contribution is -0.138. The highest BCUT2D eigenvalue weighted by Gasteiger charge is 2.36. The molecule has 1 aromatic rings. The minimum absolute atomic E-state index is 0.0415. The van der Waals surface area contributed by atoms with Gasteiger partial charge in [0.1, 0.15) is 11.6 Å². The van der Waals surface area contributed by atoms with Crippen LogP contribution in [0.5, 0.6) is 0 Å². The number of β-amino-alcohol motifs (C(OH)–C–C–N with tert-alkyl or cyclic N) is 1. The highest BCUT2D eigenvalue weighted by Crippen LogP contribution is 2.35. The molecule has 1 unspecified atom stereocenters. The van der Waals surface area contributed by atoms with Crippen LogP contribution in [-0.2, 0) is 6.18 Å². The maximum absolute atomic E-state index is 12.8. The first-order chi connectivity index (χ1) is 8.71. The van der Waals surface area contributed by atoms with Gasteiger partial charge in [0.2, 0.25) is 0 Å². The fraction of sp³-hybridized carbons (Fsp3) is 0.417. The number of likely N-dealkylation sites (N-methyl/N-ethyl adjacent to an activating group) is 1. The lowest BCUT2D eigenvalue weighted by Crippen LogP contribution is -2.30. The third kappa shape index (κ3) is 2.37. The Morgan fingerprint density at radius 1 is 1.47 bits per heavy atom. The Morgan fingerprint density at radius 3 is 2.58 bits per heavy atom. The number of aryl methyl sites for hydroxylation is 1. The third-order valence-corrected chi connectivity index (χ3v) is 3.09. The number of nitrogens with zero attached hydrogens (tertiary/aromatic N) is 3. The molecule has 0 amide bonds. The lowest BCUT2D eigenvalue weighted by atomic mass is 10.1. The summed E-state index contributed by atoms with van der Waals surface area (Å²) in [4.78, 5) is 6.89. The molecule has 1 N–H and O–H groups in total. The first-order valence-corrected chi connectivity index (χ1v) is 5.63. The molecule has 0 aromatic carbocycles. The Morgan fingerprint density at radius 2 is 2.11 bits per heavy atom. The van der Waals surface area contributed by atoms with Gasteiger partial charge in [0.25, 0.3) is 0 Å². The van der Waals surface area contributed by atoms with Gasteiger partial charge >= 0.3 is 6.18 Å². The van der Waals surface area contributed by atoms with Gasteiger partial charge in [0.05, 0.1) is 12.1 Å². The maximum Gasteiger partial charge on any atom is 0.416 e. The van der Waals surface area contributed by atoms with Crippen LogP contribution < -0.4 is 4.90 Å². The molecule has 0 spiro atoms. The van der Waals surface area contributed by atoms with E-state index in [1.54, 1.807) is 11.9 Å². The van der Waals surface area contributed by atoms with Gasteiger partial charge in [0.15, 0.2) is 6.23 Å². The van der Waals surface area contributed by atoms with Gasteiger partial charge in [-0.2, -0.15) is 13.2 Å². The zero-order valence-electron chi connectivity index (χ0n) is 10.6. The predicted molar refractivity (Wildman–Crippen MR) is 64.2 cm³/mol. The van der Waals surface area contributed by atoms with Crippen molar-refractivity contribution in [2.24, 2.45) is 0 Å². The number of aliphatic hydroxyl groups excluding tert-OH is 1. The van der Waals surface area contributed by atoms with Crippen molar-refractivity contribution >= 4 is 5.82 Å². The normalized spacial score (nSPS) is 20.3. The van der Waals surface area contributed by atoms with Crippen LogP contribution in [0.15, 0.2) is 24.7 Å². The Bertz CT molecular complexity index is 515. The SMILES string of the molecule is C=C1N(C)CC(O)N1c1cc(C(F)(F)F)c(C)cn1. The summed E-state index contributed by atoms with van der Waals surface area (Å²) >= 11 is 0. The minimum Gasteiger partial charge on any atom is -0.371 e.